The van der Waals surface area contributed by atoms with Gasteiger partial charge in [-0.25, -0.2) is 4.79 Å². The van der Waals surface area contributed by atoms with E-state index in [2.05, 4.69) is 20.9 Å². The number of esters is 1. The van der Waals surface area contributed by atoms with Crippen LogP contribution in [0, 0.1) is 4.51 Å². The maximum absolute atomic E-state index is 11.9. The molecule has 0 bridgehead atoms. The molecular formula is C14H10BrNO3S. The Labute approximate surface area is 128 Å². The Kier molecular flexibility index (Phi) is 4.46. The number of halogens is 1. The summed E-state index contributed by atoms with van der Waals surface area (Å²) < 4.78 is 5.76. The Morgan fingerprint density at radius 1 is 1.40 bits per heavy atom. The normalized spacial score (nSPS) is 10.1. The van der Waals surface area contributed by atoms with Crippen LogP contribution in [0.25, 0.3) is 11.3 Å². The maximum Gasteiger partial charge on any atom is 0.341 e. The Hall–Kier alpha value is -1.79. The number of aromatic amines is 1. The minimum atomic E-state index is -0.543. The zero-order chi connectivity index (χ0) is 14.7. The molecule has 0 saturated heterocycles. The van der Waals surface area contributed by atoms with Crippen LogP contribution in [0.4, 0.5) is 0 Å². The predicted octanol–water partition coefficient (Wildman–Crippen LogP) is 3.77. The highest BCUT2D eigenvalue weighted by Gasteiger charge is 2.18. The molecule has 4 nitrogen and oxygen atoms in total. The third-order valence-corrected chi connectivity index (χ3v) is 3.82. The number of hydrogen-bond donors (Lipinski definition) is 1. The number of benzene rings is 1. The van der Waals surface area contributed by atoms with E-state index in [0.717, 1.165) is 6.29 Å². The van der Waals surface area contributed by atoms with Gasteiger partial charge in [0.15, 0.2) is 6.29 Å². The first-order valence-corrected chi connectivity index (χ1v) is 6.84. The first-order chi connectivity index (χ1) is 9.60. The van der Waals surface area contributed by atoms with E-state index < -0.39 is 5.97 Å². The monoisotopic (exact) mass is 351 g/mol. The third-order valence-electron chi connectivity index (χ3n) is 2.79. The molecule has 20 heavy (non-hydrogen) atoms. The topological polar surface area (TPSA) is 59.2 Å². The van der Waals surface area contributed by atoms with Crippen molar-refractivity contribution in [2.45, 2.75) is 0 Å². The summed E-state index contributed by atoms with van der Waals surface area (Å²) in [5, 5.41) is 0. The van der Waals surface area contributed by atoms with Crippen molar-refractivity contribution in [1.29, 1.82) is 0 Å². The van der Waals surface area contributed by atoms with E-state index in [-0.39, 0.29) is 5.56 Å². The summed E-state index contributed by atoms with van der Waals surface area (Å²) in [4.78, 5) is 26.1. The number of ether oxygens (including phenoxy) is 1. The third kappa shape index (κ3) is 2.57. The standard InChI is InChI=1S/C14H10BrNO3S/c1-19-14(18)12-11(20)5-6-16-13(12)8-3-2-4-10(15)9(8)7-17/h2-7H,1H3,(H,16,20). The van der Waals surface area contributed by atoms with E-state index in [4.69, 9.17) is 17.0 Å². The van der Waals surface area contributed by atoms with Crippen LogP contribution < -0.4 is 0 Å². The molecule has 1 aromatic heterocycles. The van der Waals surface area contributed by atoms with E-state index in [9.17, 15) is 9.59 Å². The van der Waals surface area contributed by atoms with Crippen molar-refractivity contribution in [2.75, 3.05) is 7.11 Å². The van der Waals surface area contributed by atoms with Crippen molar-refractivity contribution in [1.82, 2.24) is 4.98 Å². The fraction of sp³-hybridized carbons (Fsp3) is 0.0714. The van der Waals surface area contributed by atoms with E-state index >= 15 is 0 Å². The van der Waals surface area contributed by atoms with E-state index in [1.807, 2.05) is 0 Å². The Bertz CT molecular complexity index is 739. The van der Waals surface area contributed by atoms with E-state index in [1.54, 1.807) is 30.5 Å². The van der Waals surface area contributed by atoms with Crippen LogP contribution >= 0.6 is 28.1 Å². The van der Waals surface area contributed by atoms with E-state index in [0.29, 0.717) is 25.8 Å². The number of pyridine rings is 1. The average molecular weight is 352 g/mol. The fourth-order valence-electron chi connectivity index (χ4n) is 1.87. The van der Waals surface area contributed by atoms with Gasteiger partial charge in [-0.3, -0.25) is 4.79 Å². The molecule has 0 aliphatic carbocycles. The van der Waals surface area contributed by atoms with Gasteiger partial charge in [-0.1, -0.05) is 40.3 Å². The first-order valence-electron chi connectivity index (χ1n) is 5.64. The minimum absolute atomic E-state index is 0.242. The highest BCUT2D eigenvalue weighted by atomic mass is 79.9. The number of carbonyl (C=O) groups is 2. The van der Waals surface area contributed by atoms with Gasteiger partial charge in [0.2, 0.25) is 0 Å². The zero-order valence-electron chi connectivity index (χ0n) is 10.5. The lowest BCUT2D eigenvalue weighted by Crippen LogP contribution is -2.07. The van der Waals surface area contributed by atoms with Gasteiger partial charge in [0, 0.05) is 21.8 Å². The number of nitrogens with one attached hydrogen (secondary N) is 1. The molecule has 0 fully saturated rings. The maximum atomic E-state index is 11.9. The molecule has 1 aromatic carbocycles. The predicted molar refractivity (Wildman–Crippen MR) is 81.5 cm³/mol. The summed E-state index contributed by atoms with van der Waals surface area (Å²) in [6.45, 7) is 0. The van der Waals surface area contributed by atoms with Crippen molar-refractivity contribution in [2.24, 2.45) is 0 Å². The van der Waals surface area contributed by atoms with Crippen molar-refractivity contribution in [3.05, 3.63) is 50.6 Å². The lowest BCUT2D eigenvalue weighted by Gasteiger charge is -2.11. The Morgan fingerprint density at radius 3 is 2.80 bits per heavy atom. The second-order valence-electron chi connectivity index (χ2n) is 3.90. The van der Waals surface area contributed by atoms with Gasteiger partial charge in [-0.05, 0) is 12.1 Å². The lowest BCUT2D eigenvalue weighted by atomic mass is 10.0. The van der Waals surface area contributed by atoms with Gasteiger partial charge in [0.25, 0.3) is 0 Å². The smallest absolute Gasteiger partial charge is 0.341 e. The number of carbonyl (C=O) groups excluding carboxylic acids is 2. The van der Waals surface area contributed by atoms with Crippen LogP contribution in [-0.2, 0) is 4.74 Å². The number of rotatable bonds is 3. The SMILES string of the molecule is COC(=O)c1c(-c2cccc(Br)c2C=O)[nH]ccc1=S. The fourth-order valence-corrected chi connectivity index (χ4v) is 2.58. The van der Waals surface area contributed by atoms with Gasteiger partial charge in [0.1, 0.15) is 5.56 Å². The molecule has 0 radical (unpaired) electrons. The van der Waals surface area contributed by atoms with Crippen LogP contribution in [0.2, 0.25) is 0 Å². The Morgan fingerprint density at radius 2 is 2.15 bits per heavy atom. The molecule has 102 valence electrons. The summed E-state index contributed by atoms with van der Waals surface area (Å²) in [6.07, 6.45) is 2.35. The van der Waals surface area contributed by atoms with Gasteiger partial charge in [0.05, 0.1) is 17.3 Å². The highest BCUT2D eigenvalue weighted by molar-refractivity contribution is 9.10. The number of aromatic nitrogens is 1. The minimum Gasteiger partial charge on any atom is -0.465 e. The average Bonchev–Trinajstić information content (AvgIpc) is 2.46. The molecule has 6 heteroatoms. The molecule has 2 rings (SSSR count). The summed E-state index contributed by atoms with van der Waals surface area (Å²) in [6, 6.07) is 6.87. The second-order valence-corrected chi connectivity index (χ2v) is 5.20. The highest BCUT2D eigenvalue weighted by Crippen LogP contribution is 2.29. The molecule has 0 spiro atoms. The lowest BCUT2D eigenvalue weighted by molar-refractivity contribution is 0.0600. The number of hydrogen-bond acceptors (Lipinski definition) is 4. The van der Waals surface area contributed by atoms with Crippen LogP contribution in [0.5, 0.6) is 0 Å². The van der Waals surface area contributed by atoms with Crippen molar-refractivity contribution in [3.8, 4) is 11.3 Å². The van der Waals surface area contributed by atoms with Gasteiger partial charge in [-0.15, -0.1) is 0 Å². The molecule has 0 unspecified atom stereocenters. The van der Waals surface area contributed by atoms with Gasteiger partial charge in [-0.2, -0.15) is 0 Å². The van der Waals surface area contributed by atoms with Crippen LogP contribution in [0.1, 0.15) is 20.7 Å². The van der Waals surface area contributed by atoms with Gasteiger partial charge >= 0.3 is 5.97 Å². The van der Waals surface area contributed by atoms with Crippen LogP contribution in [0.3, 0.4) is 0 Å². The zero-order valence-corrected chi connectivity index (χ0v) is 12.9. The van der Waals surface area contributed by atoms with Crippen LogP contribution in [-0.4, -0.2) is 24.3 Å². The van der Waals surface area contributed by atoms with Crippen molar-refractivity contribution < 1.29 is 14.3 Å². The summed E-state index contributed by atoms with van der Waals surface area (Å²) >= 11 is 8.49. The number of H-pyrrole nitrogens is 1. The summed E-state index contributed by atoms with van der Waals surface area (Å²) in [5.74, 6) is -0.543. The molecule has 1 N–H and O–H groups in total. The summed E-state index contributed by atoms with van der Waals surface area (Å²) in [5.41, 5.74) is 1.73. The molecule has 0 amide bonds. The number of aldehydes is 1. The largest absolute Gasteiger partial charge is 0.465 e. The van der Waals surface area contributed by atoms with Crippen molar-refractivity contribution in [3.63, 3.8) is 0 Å². The molecule has 0 atom stereocenters. The number of methoxy groups -OCH3 is 1. The molecular weight excluding hydrogens is 342 g/mol. The van der Waals surface area contributed by atoms with Gasteiger partial charge < -0.3 is 9.72 Å². The molecule has 2 aromatic rings. The van der Waals surface area contributed by atoms with Crippen LogP contribution in [0.15, 0.2) is 34.9 Å². The molecule has 0 aliphatic rings. The first kappa shape index (κ1) is 14.6. The molecule has 1 heterocycles. The second kappa shape index (κ2) is 6.11. The van der Waals surface area contributed by atoms with Crippen molar-refractivity contribution >= 4 is 40.4 Å². The summed E-state index contributed by atoms with van der Waals surface area (Å²) in [7, 11) is 1.29. The molecule has 0 saturated carbocycles. The van der Waals surface area contributed by atoms with E-state index in [1.165, 1.54) is 7.11 Å². The Balaban J connectivity index is 2.81. The molecule has 0 aliphatic heterocycles. The quantitative estimate of drug-likeness (QED) is 0.519.